The number of fused-ring (bicyclic) bond motifs is 2. The molecule has 0 radical (unpaired) electrons. The lowest BCUT2D eigenvalue weighted by atomic mass is 9.82. The highest BCUT2D eigenvalue weighted by molar-refractivity contribution is 5.87. The number of methoxy groups -OCH3 is 1. The maximum absolute atomic E-state index is 16.4. The van der Waals surface area contributed by atoms with Crippen molar-refractivity contribution >= 4 is 29.8 Å². The minimum absolute atomic E-state index is 0.0580. The summed E-state index contributed by atoms with van der Waals surface area (Å²) in [5, 5.41) is 18.9. The first-order valence-corrected chi connectivity index (χ1v) is 26.9. The zero-order valence-electron chi connectivity index (χ0n) is 46.7. The molecule has 4 aliphatic heterocycles. The molecule has 6 heterocycles. The van der Waals surface area contributed by atoms with Crippen LogP contribution in [-0.4, -0.2) is 170 Å². The Balaban J connectivity index is 1.08. The van der Waals surface area contributed by atoms with E-state index in [-0.39, 0.29) is 17.4 Å². The summed E-state index contributed by atoms with van der Waals surface area (Å²) < 4.78 is 146. The number of rotatable bonds is 20. The van der Waals surface area contributed by atoms with Gasteiger partial charge in [-0.3, -0.25) is 24.9 Å². The minimum Gasteiger partial charge on any atom is -0.485 e. The topological polar surface area (TPSA) is 218 Å². The summed E-state index contributed by atoms with van der Waals surface area (Å²) >= 11 is 0. The largest absolute Gasteiger partial charge is 0.485 e. The molecule has 454 valence electrons. The Morgan fingerprint density at radius 3 is 1.95 bits per heavy atom. The van der Waals surface area contributed by atoms with Gasteiger partial charge in [0.1, 0.15) is 40.8 Å². The van der Waals surface area contributed by atoms with Crippen LogP contribution in [0.25, 0.3) is 11.3 Å². The second-order valence-corrected chi connectivity index (χ2v) is 22.1. The van der Waals surface area contributed by atoms with Gasteiger partial charge in [0, 0.05) is 86.0 Å². The molecule has 4 amide bonds. The number of halogens is 8. The second kappa shape index (κ2) is 25.9. The number of piperazine rings is 1. The number of hydrogen-bond donors (Lipinski definition) is 5. The van der Waals surface area contributed by atoms with Crippen LogP contribution < -0.4 is 31.0 Å². The molecule has 2 aromatic heterocycles. The number of carbonyl (C=O) groups excluding carboxylic acids is 4. The molecule has 0 spiro atoms. The number of ether oxygens (including phenoxy) is 5. The number of carbonyl (C=O) groups is 4. The van der Waals surface area contributed by atoms with Crippen molar-refractivity contribution in [2.75, 3.05) is 65.1 Å². The summed E-state index contributed by atoms with van der Waals surface area (Å²) in [5.41, 5.74) is -3.57. The third-order valence-electron chi connectivity index (χ3n) is 15.5. The molecule has 19 nitrogen and oxygen atoms in total. The fraction of sp³-hybridized carbons (Fsp3) is 0.509. The van der Waals surface area contributed by atoms with Gasteiger partial charge in [-0.1, -0.05) is 24.0 Å². The van der Waals surface area contributed by atoms with E-state index in [1.165, 1.54) is 30.5 Å². The Kier molecular flexibility index (Phi) is 19.3. The Morgan fingerprint density at radius 1 is 0.786 bits per heavy atom. The first kappa shape index (κ1) is 62.7. The number of hydrazine groups is 1. The number of amides is 4. The molecule has 0 aliphatic carbocycles. The van der Waals surface area contributed by atoms with Crippen molar-refractivity contribution < 1.29 is 83.1 Å². The van der Waals surface area contributed by atoms with Gasteiger partial charge < -0.3 is 49.6 Å². The van der Waals surface area contributed by atoms with Crippen molar-refractivity contribution in [3.63, 3.8) is 0 Å². The molecule has 4 saturated heterocycles. The lowest BCUT2D eigenvalue weighted by Gasteiger charge is -2.47. The van der Waals surface area contributed by atoms with Gasteiger partial charge in [0.2, 0.25) is 5.91 Å². The van der Waals surface area contributed by atoms with Crippen LogP contribution in [0.3, 0.4) is 0 Å². The standard InChI is InChI=1S/C57H65F8N9O10/c1-54(2,56(60,61)62)48(70-53(79)80-6)50(76)69-45(19-33-10-7-32(8-11-33)9-12-34-13-16-47(68-23-34)72-24-36-14-15-37(25-72)74(36)38-28-81-29-38)46(75)27-73(71-51(77)49(84-52(78)66-5)55(3,4)57(63,64)65)26-41-42(58)20-35(21-43(41)59)44-22-39(17-18-67-44)83-40-30-82-31-40/h7-8,10-11,13,16-18,20-23,36-38,40,45-46,48-49,75H,14-15,19,24-31H2,1-6H3,(H,66,78)(H,69,76)(H,70,79)(H,71,77)/t36-,37-,45-,46-,48+,49+/m0/s1. The van der Waals surface area contributed by atoms with Gasteiger partial charge >= 0.3 is 24.5 Å². The third-order valence-corrected chi connectivity index (χ3v) is 15.5. The maximum Gasteiger partial charge on any atom is 0.407 e. The van der Waals surface area contributed by atoms with E-state index < -0.39 is 108 Å². The van der Waals surface area contributed by atoms with Crippen LogP contribution in [-0.2, 0) is 41.5 Å². The second-order valence-electron chi connectivity index (χ2n) is 22.1. The number of nitrogens with one attached hydrogen (secondary N) is 4. The summed E-state index contributed by atoms with van der Waals surface area (Å²) in [6, 6.07) is 11.8. The quantitative estimate of drug-likeness (QED) is 0.0378. The summed E-state index contributed by atoms with van der Waals surface area (Å²) in [5.74, 6) is 1.46. The van der Waals surface area contributed by atoms with Gasteiger partial charge in [-0.05, 0) is 95.0 Å². The normalized spacial score (nSPS) is 19.1. The SMILES string of the molecule is CNC(=O)O[C@H](C(=O)NN(Cc1c(F)cc(-c2cc(OC3COC3)ccn2)cc1F)C[C@H](O)[C@H](Cc1ccc(C#Cc2ccc(N3C[C@@H]4CC[C@@H](C3)N4C3COC3)nc2)cc1)NC(=O)[C@@H](NC(=O)OC)C(C)(C)C(F)(F)F)C(C)(C)C(F)(F)F. The van der Waals surface area contributed by atoms with Crippen LogP contribution in [0, 0.1) is 34.3 Å². The molecule has 6 atom stereocenters. The number of pyridine rings is 2. The fourth-order valence-electron chi connectivity index (χ4n) is 10.1. The highest BCUT2D eigenvalue weighted by Crippen LogP contribution is 2.43. The predicted molar refractivity (Wildman–Crippen MR) is 285 cm³/mol. The van der Waals surface area contributed by atoms with Gasteiger partial charge in [0.25, 0.3) is 5.91 Å². The number of hydrogen-bond acceptors (Lipinski definition) is 15. The summed E-state index contributed by atoms with van der Waals surface area (Å²) in [4.78, 5) is 66.9. The molecule has 2 bridgehead atoms. The summed E-state index contributed by atoms with van der Waals surface area (Å²) in [6.45, 7) is 4.03. The lowest BCUT2D eigenvalue weighted by molar-refractivity contribution is -0.239. The molecule has 4 aromatic rings. The third kappa shape index (κ3) is 14.6. The van der Waals surface area contributed by atoms with E-state index in [0.29, 0.717) is 86.5 Å². The van der Waals surface area contributed by atoms with Crippen LogP contribution in [0.15, 0.2) is 73.1 Å². The Morgan fingerprint density at radius 2 is 1.40 bits per heavy atom. The fourth-order valence-corrected chi connectivity index (χ4v) is 10.1. The zero-order chi connectivity index (χ0) is 60.9. The Bertz CT molecular complexity index is 3030. The van der Waals surface area contributed by atoms with Crippen LogP contribution in [0.2, 0.25) is 0 Å². The molecule has 2 aromatic carbocycles. The smallest absolute Gasteiger partial charge is 0.407 e. The number of aliphatic hydroxyl groups excluding tert-OH is 1. The highest BCUT2D eigenvalue weighted by atomic mass is 19.4. The van der Waals surface area contributed by atoms with Crippen molar-refractivity contribution in [1.82, 2.24) is 41.3 Å². The van der Waals surface area contributed by atoms with E-state index in [4.69, 9.17) is 23.9 Å². The average molecular weight is 1190 g/mol. The molecule has 5 N–H and O–H groups in total. The van der Waals surface area contributed by atoms with Crippen molar-refractivity contribution in [2.24, 2.45) is 10.8 Å². The minimum atomic E-state index is -5.23. The van der Waals surface area contributed by atoms with E-state index in [1.807, 2.05) is 22.8 Å². The van der Waals surface area contributed by atoms with E-state index in [2.05, 4.69) is 42.1 Å². The number of aromatic nitrogens is 2. The predicted octanol–water partition coefficient (Wildman–Crippen LogP) is 6.20. The summed E-state index contributed by atoms with van der Waals surface area (Å²) in [6.07, 6.45) is -13.6. The van der Waals surface area contributed by atoms with Gasteiger partial charge in [-0.25, -0.2) is 28.4 Å². The molecule has 27 heteroatoms. The van der Waals surface area contributed by atoms with Crippen LogP contribution in [0.1, 0.15) is 62.8 Å². The van der Waals surface area contributed by atoms with Gasteiger partial charge in [0.15, 0.2) is 6.10 Å². The number of alkyl halides is 6. The van der Waals surface area contributed by atoms with Gasteiger partial charge in [-0.2, -0.15) is 26.3 Å². The molecule has 84 heavy (non-hydrogen) atoms. The van der Waals surface area contributed by atoms with Crippen molar-refractivity contribution in [3.05, 3.63) is 107 Å². The Labute approximate surface area is 479 Å². The average Bonchev–Trinajstić information content (AvgIpc) is 3.70. The molecule has 0 unspecified atom stereocenters. The number of anilines is 1. The number of alkyl carbamates (subject to hydrolysis) is 2. The van der Waals surface area contributed by atoms with Crippen molar-refractivity contribution in [3.8, 4) is 28.8 Å². The monoisotopic (exact) mass is 1190 g/mol. The highest BCUT2D eigenvalue weighted by Gasteiger charge is 2.58. The molecule has 4 aliphatic rings. The van der Waals surface area contributed by atoms with E-state index in [0.717, 1.165) is 71.3 Å². The molecule has 8 rings (SSSR count). The Hall–Kier alpha value is -7.38. The number of benzene rings is 2. The zero-order valence-corrected chi connectivity index (χ0v) is 46.7. The van der Waals surface area contributed by atoms with E-state index in [1.54, 1.807) is 18.3 Å². The first-order chi connectivity index (χ1) is 39.6. The van der Waals surface area contributed by atoms with E-state index in [9.17, 15) is 50.6 Å². The first-order valence-electron chi connectivity index (χ1n) is 26.9. The molecule has 4 fully saturated rings. The van der Waals surface area contributed by atoms with Crippen LogP contribution >= 0.6 is 0 Å². The molecular weight excluding hydrogens is 1120 g/mol. The lowest BCUT2D eigenvalue weighted by Crippen LogP contribution is -2.62. The number of nitrogens with zero attached hydrogens (tertiary/aromatic N) is 5. The van der Waals surface area contributed by atoms with Crippen LogP contribution in [0.5, 0.6) is 5.75 Å². The molecule has 0 saturated carbocycles. The van der Waals surface area contributed by atoms with Crippen LogP contribution in [0.4, 0.5) is 50.5 Å². The van der Waals surface area contributed by atoms with Gasteiger partial charge in [0.05, 0.1) is 62.8 Å². The summed E-state index contributed by atoms with van der Waals surface area (Å²) in [7, 11) is 1.85. The molecular formula is C57H65F8N9O10. The number of aliphatic hydroxyl groups is 1. The van der Waals surface area contributed by atoms with Gasteiger partial charge in [-0.15, -0.1) is 0 Å². The van der Waals surface area contributed by atoms with Crippen molar-refractivity contribution in [2.45, 2.75) is 114 Å². The van der Waals surface area contributed by atoms with Crippen molar-refractivity contribution in [1.29, 1.82) is 0 Å². The maximum atomic E-state index is 16.4. The van der Waals surface area contributed by atoms with E-state index >= 15 is 8.78 Å².